The summed E-state index contributed by atoms with van der Waals surface area (Å²) in [6.45, 7) is 1.83. The van der Waals surface area contributed by atoms with Crippen molar-refractivity contribution in [3.8, 4) is 11.4 Å². The first-order chi connectivity index (χ1) is 19.4. The summed E-state index contributed by atoms with van der Waals surface area (Å²) < 4.78 is 7.62. The Morgan fingerprint density at radius 1 is 1.10 bits per heavy atom. The molecule has 40 heavy (non-hydrogen) atoms. The second-order valence-corrected chi connectivity index (χ2v) is 10.0. The average molecular weight is 541 g/mol. The van der Waals surface area contributed by atoms with Gasteiger partial charge in [-0.2, -0.15) is 0 Å². The third kappa shape index (κ3) is 5.98. The van der Waals surface area contributed by atoms with Gasteiger partial charge in [-0.1, -0.05) is 38.3 Å². The van der Waals surface area contributed by atoms with Crippen molar-refractivity contribution in [2.24, 2.45) is 0 Å². The summed E-state index contributed by atoms with van der Waals surface area (Å²) in [6.07, 6.45) is 12.0. The molecule has 5 rings (SSSR count). The van der Waals surface area contributed by atoms with Crippen LogP contribution in [0.5, 0.6) is 0 Å². The van der Waals surface area contributed by atoms with Crippen LogP contribution in [0.1, 0.15) is 67.4 Å². The average Bonchev–Trinajstić information content (AvgIpc) is 3.63. The van der Waals surface area contributed by atoms with E-state index < -0.39 is 12.0 Å². The smallest absolute Gasteiger partial charge is 0.328 e. The highest BCUT2D eigenvalue weighted by molar-refractivity contribution is 6.02. The van der Waals surface area contributed by atoms with Crippen molar-refractivity contribution in [3.63, 3.8) is 0 Å². The molecule has 1 saturated carbocycles. The van der Waals surface area contributed by atoms with E-state index in [0.717, 1.165) is 41.3 Å². The van der Waals surface area contributed by atoms with Gasteiger partial charge in [-0.25, -0.2) is 9.78 Å². The molecule has 2 amide bonds. The lowest BCUT2D eigenvalue weighted by atomic mass is 9.95. The number of furan rings is 1. The van der Waals surface area contributed by atoms with Gasteiger partial charge in [0, 0.05) is 23.4 Å². The molecule has 0 saturated heterocycles. The van der Waals surface area contributed by atoms with E-state index in [1.54, 1.807) is 48.9 Å². The molecule has 0 aliphatic heterocycles. The number of anilines is 1. The van der Waals surface area contributed by atoms with E-state index in [9.17, 15) is 14.4 Å². The molecule has 3 N–H and O–H groups in total. The molecule has 1 atom stereocenters. The maximum Gasteiger partial charge on any atom is 0.328 e. The summed E-state index contributed by atoms with van der Waals surface area (Å²) in [5.74, 6) is -0.887. The minimum Gasteiger partial charge on any atom is -0.478 e. The van der Waals surface area contributed by atoms with Crippen molar-refractivity contribution in [1.29, 1.82) is 0 Å². The molecular weight excluding hydrogens is 508 g/mol. The van der Waals surface area contributed by atoms with Crippen LogP contribution in [0.2, 0.25) is 0 Å². The number of benzene rings is 2. The molecule has 2 heterocycles. The highest BCUT2D eigenvalue weighted by Gasteiger charge is 2.24. The quantitative estimate of drug-likeness (QED) is 0.222. The van der Waals surface area contributed by atoms with E-state index in [-0.39, 0.29) is 11.8 Å². The van der Waals surface area contributed by atoms with Crippen LogP contribution in [0.15, 0.2) is 71.6 Å². The summed E-state index contributed by atoms with van der Waals surface area (Å²) in [7, 11) is 0. The van der Waals surface area contributed by atoms with Gasteiger partial charge in [-0.3, -0.25) is 9.59 Å². The molecule has 9 heteroatoms. The molecule has 2 aromatic carbocycles. The summed E-state index contributed by atoms with van der Waals surface area (Å²) in [6, 6.07) is 13.8. The van der Waals surface area contributed by atoms with Crippen molar-refractivity contribution in [2.45, 2.75) is 57.5 Å². The largest absolute Gasteiger partial charge is 0.478 e. The fraction of sp³-hybridized carbons (Fsp3) is 0.290. The third-order valence-corrected chi connectivity index (χ3v) is 7.30. The lowest BCUT2D eigenvalue weighted by Gasteiger charge is -2.25. The normalized spacial score (nSPS) is 14.8. The van der Waals surface area contributed by atoms with E-state index >= 15 is 0 Å². The summed E-state index contributed by atoms with van der Waals surface area (Å²) >= 11 is 0. The van der Waals surface area contributed by atoms with E-state index in [1.165, 1.54) is 25.3 Å². The maximum atomic E-state index is 13.2. The van der Waals surface area contributed by atoms with E-state index in [0.29, 0.717) is 29.3 Å². The third-order valence-electron chi connectivity index (χ3n) is 7.30. The second kappa shape index (κ2) is 12.0. The van der Waals surface area contributed by atoms with Crippen LogP contribution in [-0.2, 0) is 9.59 Å². The van der Waals surface area contributed by atoms with Crippen LogP contribution in [0.3, 0.4) is 0 Å². The molecule has 0 bridgehead atoms. The number of carboxylic acid groups (broad SMARTS) is 1. The van der Waals surface area contributed by atoms with Crippen LogP contribution in [0.4, 0.5) is 5.69 Å². The Morgan fingerprint density at radius 3 is 2.55 bits per heavy atom. The van der Waals surface area contributed by atoms with Crippen molar-refractivity contribution in [1.82, 2.24) is 14.9 Å². The summed E-state index contributed by atoms with van der Waals surface area (Å²) in [5, 5.41) is 14.4. The minimum absolute atomic E-state index is 0.338. The molecule has 0 spiro atoms. The van der Waals surface area contributed by atoms with Crippen LogP contribution < -0.4 is 10.6 Å². The van der Waals surface area contributed by atoms with Gasteiger partial charge >= 0.3 is 5.97 Å². The molecule has 9 nitrogen and oxygen atoms in total. The van der Waals surface area contributed by atoms with Crippen LogP contribution in [0, 0.1) is 0 Å². The number of hydrogen-bond donors (Lipinski definition) is 3. The van der Waals surface area contributed by atoms with Gasteiger partial charge in [-0.15, -0.1) is 0 Å². The van der Waals surface area contributed by atoms with Gasteiger partial charge in [0.15, 0.2) is 0 Å². The van der Waals surface area contributed by atoms with Crippen LogP contribution in [-0.4, -0.2) is 38.5 Å². The number of fused-ring (bicyclic) bond motifs is 1. The van der Waals surface area contributed by atoms with E-state index in [1.807, 2.05) is 19.1 Å². The number of amides is 2. The molecule has 0 unspecified atom stereocenters. The number of aromatic nitrogens is 2. The SMILES string of the molecule is CC[C@@H](NC(=O)c1ccc2c(c1)nc(-c1ccoc1)n2C1CCCCC1)C(=O)Nc1ccc(C=CC(=O)O)cc1. The highest BCUT2D eigenvalue weighted by Crippen LogP contribution is 2.36. The summed E-state index contributed by atoms with van der Waals surface area (Å²) in [5.41, 5.74) is 4.28. The Kier molecular flexibility index (Phi) is 8.10. The fourth-order valence-electron chi connectivity index (χ4n) is 5.21. The molecule has 1 aliphatic rings. The van der Waals surface area contributed by atoms with Crippen molar-refractivity contribution in [3.05, 3.63) is 78.3 Å². The number of aliphatic carboxylic acids is 1. The zero-order valence-corrected chi connectivity index (χ0v) is 22.3. The van der Waals surface area contributed by atoms with Gasteiger partial charge in [0.2, 0.25) is 5.91 Å². The minimum atomic E-state index is -1.03. The lowest BCUT2D eigenvalue weighted by Crippen LogP contribution is -2.43. The number of hydrogen-bond acceptors (Lipinski definition) is 5. The van der Waals surface area contributed by atoms with Crippen molar-refractivity contribution >= 4 is 40.6 Å². The molecule has 1 aliphatic carbocycles. The van der Waals surface area contributed by atoms with Crippen molar-refractivity contribution < 1.29 is 23.9 Å². The van der Waals surface area contributed by atoms with Crippen LogP contribution >= 0.6 is 0 Å². The number of carbonyl (C=O) groups is 3. The number of nitrogens with zero attached hydrogens (tertiary/aromatic N) is 2. The zero-order valence-electron chi connectivity index (χ0n) is 22.3. The number of imidazole rings is 1. The fourth-order valence-corrected chi connectivity index (χ4v) is 5.21. The molecule has 1 fully saturated rings. The molecule has 0 radical (unpaired) electrons. The molecule has 206 valence electrons. The number of rotatable bonds is 9. The topological polar surface area (TPSA) is 126 Å². The summed E-state index contributed by atoms with van der Waals surface area (Å²) in [4.78, 5) is 41.7. The predicted molar refractivity (Wildman–Crippen MR) is 153 cm³/mol. The second-order valence-electron chi connectivity index (χ2n) is 10.0. The van der Waals surface area contributed by atoms with Gasteiger partial charge < -0.3 is 24.7 Å². The molecular formula is C31H32N4O5. The predicted octanol–water partition coefficient (Wildman–Crippen LogP) is 6.05. The Balaban J connectivity index is 1.32. The monoisotopic (exact) mass is 540 g/mol. The van der Waals surface area contributed by atoms with Gasteiger partial charge in [0.1, 0.15) is 18.1 Å². The maximum absolute atomic E-state index is 13.2. The number of carbonyl (C=O) groups excluding carboxylic acids is 2. The number of nitrogens with one attached hydrogen (secondary N) is 2. The first-order valence-corrected chi connectivity index (χ1v) is 13.6. The zero-order chi connectivity index (χ0) is 28.1. The molecule has 2 aromatic heterocycles. The Bertz CT molecular complexity index is 1530. The van der Waals surface area contributed by atoms with Gasteiger partial charge in [-0.05, 0) is 67.3 Å². The first-order valence-electron chi connectivity index (χ1n) is 13.6. The highest BCUT2D eigenvalue weighted by atomic mass is 16.4. The first kappa shape index (κ1) is 26.9. The van der Waals surface area contributed by atoms with E-state index in [2.05, 4.69) is 15.2 Å². The Hall–Kier alpha value is -4.66. The Labute approximate surface area is 231 Å². The van der Waals surface area contributed by atoms with E-state index in [4.69, 9.17) is 14.5 Å². The lowest BCUT2D eigenvalue weighted by molar-refractivity contribution is -0.131. The Morgan fingerprint density at radius 2 is 1.88 bits per heavy atom. The molecule has 4 aromatic rings. The van der Waals surface area contributed by atoms with Gasteiger partial charge in [0.05, 0.1) is 22.9 Å². The van der Waals surface area contributed by atoms with Gasteiger partial charge in [0.25, 0.3) is 5.91 Å². The van der Waals surface area contributed by atoms with Crippen LogP contribution in [0.25, 0.3) is 28.5 Å². The number of carboxylic acids is 1. The van der Waals surface area contributed by atoms with Crippen molar-refractivity contribution in [2.75, 3.05) is 5.32 Å². The standard InChI is InChI=1S/C31H32N4O5/c1-2-25(31(39)32-23-12-8-20(9-13-23)10-15-28(36)37)34-30(38)21-11-14-27-26(18-21)33-29(22-16-17-40-19-22)35(27)24-6-4-3-5-7-24/h8-19,24-25H,2-7H2,1H3,(H,32,39)(H,34,38)(H,36,37)/t25-/m1/s1.